The van der Waals surface area contributed by atoms with Crippen LogP contribution in [-0.4, -0.2) is 22.5 Å². The topological polar surface area (TPSA) is 52.1 Å². The molecule has 8 heteroatoms. The first-order chi connectivity index (χ1) is 11.3. The maximum Gasteiger partial charge on any atom is 0.416 e. The molecule has 0 fully saturated rings. The summed E-state index contributed by atoms with van der Waals surface area (Å²) in [5, 5.41) is -0.00623. The first-order valence-corrected chi connectivity index (χ1v) is 7.50. The summed E-state index contributed by atoms with van der Waals surface area (Å²) in [5.74, 6) is -1.05. The molecule has 0 bridgehead atoms. The van der Waals surface area contributed by atoms with Crippen molar-refractivity contribution in [1.82, 2.24) is 9.97 Å². The average Bonchev–Trinajstić information content (AvgIpc) is 2.52. The van der Waals surface area contributed by atoms with Gasteiger partial charge in [0.1, 0.15) is 0 Å². The van der Waals surface area contributed by atoms with E-state index in [2.05, 4.69) is 9.97 Å². The number of benzene rings is 1. The third kappa shape index (κ3) is 4.67. The number of halogens is 4. The van der Waals surface area contributed by atoms with Gasteiger partial charge in [-0.3, -0.25) is 4.79 Å². The van der Waals surface area contributed by atoms with Crippen molar-refractivity contribution >= 4 is 17.6 Å². The predicted octanol–water partition coefficient (Wildman–Crippen LogP) is 4.23. The van der Waals surface area contributed by atoms with Gasteiger partial charge in [-0.2, -0.15) is 13.2 Å². The number of esters is 1. The number of ether oxygens (including phenoxy) is 1. The lowest BCUT2D eigenvalue weighted by Crippen LogP contribution is -2.13. The van der Waals surface area contributed by atoms with Crippen molar-refractivity contribution < 1.29 is 22.7 Å². The molecule has 2 rings (SSSR count). The van der Waals surface area contributed by atoms with Crippen molar-refractivity contribution in [2.75, 3.05) is 6.61 Å². The molecule has 4 nitrogen and oxygen atoms in total. The van der Waals surface area contributed by atoms with Gasteiger partial charge in [-0.1, -0.05) is 12.1 Å². The van der Waals surface area contributed by atoms with E-state index >= 15 is 0 Å². The van der Waals surface area contributed by atoms with Crippen LogP contribution in [0.5, 0.6) is 0 Å². The number of carbonyl (C=O) groups is 1. The molecule has 1 aromatic heterocycles. The molecule has 0 spiro atoms. The Bertz CT molecular complexity index is 705. The molecule has 0 saturated carbocycles. The largest absolute Gasteiger partial charge is 0.466 e. The Morgan fingerprint density at radius 3 is 2.46 bits per heavy atom. The number of nitrogens with zero attached hydrogens (tertiary/aromatic N) is 2. The van der Waals surface area contributed by atoms with Crippen LogP contribution in [0.25, 0.3) is 0 Å². The summed E-state index contributed by atoms with van der Waals surface area (Å²) >= 11 is 5.77. The molecular formula is C16H14ClF3N2O2. The number of carbonyl (C=O) groups excluding carboxylic acids is 1. The molecule has 1 aromatic carbocycles. The van der Waals surface area contributed by atoms with Gasteiger partial charge in [0.2, 0.25) is 5.28 Å². The van der Waals surface area contributed by atoms with Crippen molar-refractivity contribution in [2.45, 2.75) is 25.4 Å². The van der Waals surface area contributed by atoms with E-state index in [1.54, 1.807) is 13.0 Å². The summed E-state index contributed by atoms with van der Waals surface area (Å²) in [6.45, 7) is 1.88. The highest BCUT2D eigenvalue weighted by Gasteiger charge is 2.30. The van der Waals surface area contributed by atoms with E-state index in [1.165, 1.54) is 18.3 Å². The summed E-state index contributed by atoms with van der Waals surface area (Å²) in [6.07, 6.45) is -3.06. The van der Waals surface area contributed by atoms with E-state index in [0.29, 0.717) is 11.3 Å². The quantitative estimate of drug-likeness (QED) is 0.592. The number of alkyl halides is 3. The van der Waals surface area contributed by atoms with Crippen molar-refractivity contribution in [1.29, 1.82) is 0 Å². The molecule has 0 N–H and O–H groups in total. The van der Waals surface area contributed by atoms with Crippen LogP contribution in [0.1, 0.15) is 36.1 Å². The molecule has 2 aromatic rings. The first-order valence-electron chi connectivity index (χ1n) is 7.12. The monoisotopic (exact) mass is 358 g/mol. The Morgan fingerprint density at radius 1 is 1.25 bits per heavy atom. The normalized spacial score (nSPS) is 12.7. The fourth-order valence-corrected chi connectivity index (χ4v) is 2.38. The molecule has 24 heavy (non-hydrogen) atoms. The van der Waals surface area contributed by atoms with Gasteiger partial charge in [-0.15, -0.1) is 0 Å². The second-order valence-corrected chi connectivity index (χ2v) is 5.27. The van der Waals surface area contributed by atoms with Gasteiger partial charge in [0.25, 0.3) is 0 Å². The summed E-state index contributed by atoms with van der Waals surface area (Å²) in [7, 11) is 0. The van der Waals surface area contributed by atoms with Crippen LogP contribution in [0, 0.1) is 0 Å². The zero-order chi connectivity index (χ0) is 17.7. The lowest BCUT2D eigenvalue weighted by Gasteiger charge is -2.17. The SMILES string of the molecule is CCOC(=O)CC(c1ccc(C(F)(F)F)cc1)c1ccnc(Cl)n1. The summed E-state index contributed by atoms with van der Waals surface area (Å²) in [6, 6.07) is 6.14. The van der Waals surface area contributed by atoms with Crippen LogP contribution in [0.3, 0.4) is 0 Å². The zero-order valence-corrected chi connectivity index (χ0v) is 13.4. The highest BCUT2D eigenvalue weighted by atomic mass is 35.5. The van der Waals surface area contributed by atoms with Crippen LogP contribution in [0.2, 0.25) is 5.28 Å². The van der Waals surface area contributed by atoms with Crippen molar-refractivity contribution in [2.24, 2.45) is 0 Å². The molecule has 0 radical (unpaired) electrons. The summed E-state index contributed by atoms with van der Waals surface area (Å²) in [4.78, 5) is 19.7. The second-order valence-electron chi connectivity index (χ2n) is 4.93. The molecule has 0 saturated heterocycles. The summed E-state index contributed by atoms with van der Waals surface area (Å²) in [5.41, 5.74) is 0.176. The number of hydrogen-bond donors (Lipinski definition) is 0. The number of hydrogen-bond acceptors (Lipinski definition) is 4. The van der Waals surface area contributed by atoms with Gasteiger partial charge in [-0.05, 0) is 42.3 Å². The van der Waals surface area contributed by atoms with Gasteiger partial charge < -0.3 is 4.74 Å². The second kappa shape index (κ2) is 7.61. The highest BCUT2D eigenvalue weighted by Crippen LogP contribution is 2.32. The molecular weight excluding hydrogens is 345 g/mol. The Hall–Kier alpha value is -2.15. The molecule has 0 aliphatic rings. The summed E-state index contributed by atoms with van der Waals surface area (Å²) < 4.78 is 43.0. The van der Waals surface area contributed by atoms with Crippen molar-refractivity contribution in [3.05, 3.63) is 58.6 Å². The van der Waals surface area contributed by atoms with Crippen LogP contribution < -0.4 is 0 Å². The minimum Gasteiger partial charge on any atom is -0.466 e. The molecule has 1 atom stereocenters. The minimum absolute atomic E-state index is 0.00623. The molecule has 0 aliphatic heterocycles. The van der Waals surface area contributed by atoms with Gasteiger partial charge in [0.05, 0.1) is 24.3 Å². The van der Waals surface area contributed by atoms with Gasteiger partial charge in [-0.25, -0.2) is 9.97 Å². The van der Waals surface area contributed by atoms with Crippen LogP contribution in [0.15, 0.2) is 36.5 Å². The minimum atomic E-state index is -4.42. The zero-order valence-electron chi connectivity index (χ0n) is 12.7. The van der Waals surface area contributed by atoms with Gasteiger partial charge in [0, 0.05) is 12.1 Å². The van der Waals surface area contributed by atoms with E-state index in [4.69, 9.17) is 16.3 Å². The maximum atomic E-state index is 12.7. The third-order valence-corrected chi connectivity index (χ3v) is 3.50. The van der Waals surface area contributed by atoms with Crippen LogP contribution >= 0.6 is 11.6 Å². The molecule has 1 heterocycles. The smallest absolute Gasteiger partial charge is 0.416 e. The van der Waals surface area contributed by atoms with Crippen LogP contribution in [-0.2, 0) is 15.7 Å². The standard InChI is InChI=1S/C16H14ClF3N2O2/c1-2-24-14(23)9-12(13-7-8-21-15(17)22-13)10-3-5-11(6-4-10)16(18,19)20/h3-8,12H,2,9H2,1H3. The predicted molar refractivity (Wildman–Crippen MR) is 81.6 cm³/mol. The molecule has 0 aliphatic carbocycles. The van der Waals surface area contributed by atoms with Crippen LogP contribution in [0.4, 0.5) is 13.2 Å². The first kappa shape index (κ1) is 18.2. The maximum absolute atomic E-state index is 12.7. The van der Waals surface area contributed by atoms with E-state index < -0.39 is 23.6 Å². The average molecular weight is 359 g/mol. The highest BCUT2D eigenvalue weighted by molar-refractivity contribution is 6.28. The van der Waals surface area contributed by atoms with E-state index in [1.807, 2.05) is 0 Å². The molecule has 1 unspecified atom stereocenters. The number of rotatable bonds is 5. The number of aromatic nitrogens is 2. The fourth-order valence-electron chi connectivity index (χ4n) is 2.23. The Balaban J connectivity index is 2.36. The Labute approximate surface area is 141 Å². The van der Waals surface area contributed by atoms with Crippen molar-refractivity contribution in [3.63, 3.8) is 0 Å². The van der Waals surface area contributed by atoms with E-state index in [9.17, 15) is 18.0 Å². The lowest BCUT2D eigenvalue weighted by atomic mass is 9.91. The van der Waals surface area contributed by atoms with Gasteiger partial charge >= 0.3 is 12.1 Å². The molecule has 128 valence electrons. The van der Waals surface area contributed by atoms with Crippen molar-refractivity contribution in [3.8, 4) is 0 Å². The molecule has 0 amide bonds. The fraction of sp³-hybridized carbons (Fsp3) is 0.312. The Kier molecular flexibility index (Phi) is 5.77. The van der Waals surface area contributed by atoms with E-state index in [0.717, 1.165) is 12.1 Å². The Morgan fingerprint density at radius 2 is 1.92 bits per heavy atom. The lowest BCUT2D eigenvalue weighted by molar-refractivity contribution is -0.143. The van der Waals surface area contributed by atoms with Gasteiger partial charge in [0.15, 0.2) is 0 Å². The third-order valence-electron chi connectivity index (χ3n) is 3.32. The van der Waals surface area contributed by atoms with E-state index in [-0.39, 0.29) is 18.3 Å².